The summed E-state index contributed by atoms with van der Waals surface area (Å²) >= 11 is 0. The van der Waals surface area contributed by atoms with Gasteiger partial charge < -0.3 is 5.11 Å². The van der Waals surface area contributed by atoms with E-state index in [1.165, 1.54) is 11.1 Å². The van der Waals surface area contributed by atoms with Crippen LogP contribution >= 0.6 is 0 Å². The van der Waals surface area contributed by atoms with E-state index in [2.05, 4.69) is 12.1 Å². The highest BCUT2D eigenvalue weighted by atomic mass is 16.4. The molecule has 1 N–H and O–H groups in total. The van der Waals surface area contributed by atoms with Crippen LogP contribution in [0.25, 0.3) is 0 Å². The fraction of sp³-hybridized carbons (Fsp3) is 0.417. The van der Waals surface area contributed by atoms with Gasteiger partial charge in [-0.2, -0.15) is 0 Å². The maximum Gasteiger partial charge on any atom is 0.304 e. The first kappa shape index (κ1) is 9.25. The lowest BCUT2D eigenvalue weighted by Crippen LogP contribution is -2.22. The van der Waals surface area contributed by atoms with Crippen molar-refractivity contribution in [2.24, 2.45) is 0 Å². The predicted octanol–water partition coefficient (Wildman–Crippen LogP) is 2.37. The lowest BCUT2D eigenvalue weighted by molar-refractivity contribution is -0.138. The van der Waals surface area contributed by atoms with E-state index >= 15 is 0 Å². The Morgan fingerprint density at radius 1 is 1.50 bits per heavy atom. The smallest absolute Gasteiger partial charge is 0.304 e. The molecule has 0 saturated heterocycles. The van der Waals surface area contributed by atoms with Crippen LogP contribution in [0.2, 0.25) is 0 Å². The van der Waals surface area contributed by atoms with Gasteiger partial charge in [-0.3, -0.25) is 4.79 Å². The van der Waals surface area contributed by atoms with Crippen molar-refractivity contribution in [3.63, 3.8) is 0 Å². The van der Waals surface area contributed by atoms with Crippen molar-refractivity contribution in [1.29, 1.82) is 0 Å². The van der Waals surface area contributed by atoms with Crippen molar-refractivity contribution in [3.8, 4) is 0 Å². The van der Waals surface area contributed by atoms with Crippen LogP contribution in [0, 0.1) is 0 Å². The van der Waals surface area contributed by atoms with Crippen LogP contribution in [0.1, 0.15) is 30.9 Å². The number of aliphatic carboxylic acids is 1. The number of carbonyl (C=O) groups is 1. The summed E-state index contributed by atoms with van der Waals surface area (Å²) in [5.74, 6) is -0.704. The molecule has 1 atom stereocenters. The largest absolute Gasteiger partial charge is 0.481 e. The van der Waals surface area contributed by atoms with E-state index in [9.17, 15) is 4.79 Å². The molecule has 74 valence electrons. The Bertz CT molecular complexity index is 370. The molecule has 1 aromatic carbocycles. The molecule has 0 unspecified atom stereocenters. The van der Waals surface area contributed by atoms with E-state index in [0.29, 0.717) is 0 Å². The minimum absolute atomic E-state index is 0.150. The summed E-state index contributed by atoms with van der Waals surface area (Å²) in [4.78, 5) is 10.8. The van der Waals surface area contributed by atoms with Crippen LogP contribution < -0.4 is 0 Å². The quantitative estimate of drug-likeness (QED) is 0.777. The van der Waals surface area contributed by atoms with Gasteiger partial charge in [-0.15, -0.1) is 0 Å². The van der Waals surface area contributed by atoms with Crippen molar-refractivity contribution >= 4 is 5.97 Å². The number of hydrogen-bond acceptors (Lipinski definition) is 1. The zero-order valence-electron chi connectivity index (χ0n) is 8.29. The van der Waals surface area contributed by atoms with Gasteiger partial charge in [0.15, 0.2) is 0 Å². The molecule has 2 rings (SSSR count). The van der Waals surface area contributed by atoms with Gasteiger partial charge in [0.2, 0.25) is 0 Å². The summed E-state index contributed by atoms with van der Waals surface area (Å²) in [6.45, 7) is 2.05. The van der Waals surface area contributed by atoms with E-state index in [-0.39, 0.29) is 11.8 Å². The maximum absolute atomic E-state index is 10.8. The summed E-state index contributed by atoms with van der Waals surface area (Å²) in [7, 11) is 0. The minimum Gasteiger partial charge on any atom is -0.481 e. The molecule has 1 aromatic rings. The monoisotopic (exact) mass is 190 g/mol. The van der Waals surface area contributed by atoms with Crippen molar-refractivity contribution in [2.75, 3.05) is 0 Å². The molecule has 2 nitrogen and oxygen atoms in total. The molecule has 0 fully saturated rings. The van der Waals surface area contributed by atoms with Gasteiger partial charge in [0.05, 0.1) is 6.42 Å². The summed E-state index contributed by atoms with van der Waals surface area (Å²) in [5.41, 5.74) is 2.39. The molecule has 0 amide bonds. The highest BCUT2D eigenvalue weighted by Crippen LogP contribution is 2.40. The molecule has 0 heterocycles. The third kappa shape index (κ3) is 1.41. The van der Waals surface area contributed by atoms with E-state index < -0.39 is 5.97 Å². The van der Waals surface area contributed by atoms with Gasteiger partial charge >= 0.3 is 5.97 Å². The van der Waals surface area contributed by atoms with E-state index in [4.69, 9.17) is 5.11 Å². The number of benzene rings is 1. The summed E-state index contributed by atoms with van der Waals surface area (Å²) in [6.07, 6.45) is 2.21. The predicted molar refractivity (Wildman–Crippen MR) is 54.4 cm³/mol. The number of rotatable bonds is 2. The molecule has 0 saturated carbocycles. The molecular formula is C12H14O2. The van der Waals surface area contributed by atoms with Crippen molar-refractivity contribution in [3.05, 3.63) is 35.4 Å². The Hall–Kier alpha value is -1.31. The van der Waals surface area contributed by atoms with E-state index in [1.54, 1.807) is 0 Å². The highest BCUT2D eigenvalue weighted by molar-refractivity contribution is 5.69. The Morgan fingerprint density at radius 2 is 2.21 bits per heavy atom. The second-order valence-corrected chi connectivity index (χ2v) is 4.29. The lowest BCUT2D eigenvalue weighted by atomic mass is 9.81. The third-order valence-corrected chi connectivity index (χ3v) is 3.16. The van der Waals surface area contributed by atoms with Crippen LogP contribution in [0.5, 0.6) is 0 Å². The van der Waals surface area contributed by atoms with Gasteiger partial charge in [-0.25, -0.2) is 0 Å². The third-order valence-electron chi connectivity index (χ3n) is 3.16. The molecule has 0 radical (unpaired) electrons. The number of fused-ring (bicyclic) bond motifs is 1. The molecule has 14 heavy (non-hydrogen) atoms. The minimum atomic E-state index is -0.704. The Balaban J connectivity index is 2.37. The topological polar surface area (TPSA) is 37.3 Å². The molecule has 1 aliphatic carbocycles. The van der Waals surface area contributed by atoms with Crippen LogP contribution in [0.15, 0.2) is 24.3 Å². The standard InChI is InChI=1S/C12H14O2/c1-12(8-11(13)14)7-6-9-4-2-3-5-10(9)12/h2-5H,6-8H2,1H3,(H,13,14)/t12-/m1/s1. The van der Waals surface area contributed by atoms with Gasteiger partial charge in [0, 0.05) is 5.41 Å². The Labute approximate surface area is 83.6 Å². The number of carboxylic acid groups (broad SMARTS) is 1. The van der Waals surface area contributed by atoms with Gasteiger partial charge in [-0.05, 0) is 24.0 Å². The number of carboxylic acids is 1. The molecule has 0 bridgehead atoms. The fourth-order valence-corrected chi connectivity index (χ4v) is 2.39. The summed E-state index contributed by atoms with van der Waals surface area (Å²) < 4.78 is 0. The average Bonchev–Trinajstić information content (AvgIpc) is 2.44. The Morgan fingerprint density at radius 3 is 2.93 bits per heavy atom. The maximum atomic E-state index is 10.8. The van der Waals surface area contributed by atoms with Crippen molar-refractivity contribution in [2.45, 2.75) is 31.6 Å². The Kier molecular flexibility index (Phi) is 2.06. The SMILES string of the molecule is C[C@]1(CC(=O)O)CCc2ccccc21. The normalized spacial score (nSPS) is 24.6. The second kappa shape index (κ2) is 3.12. The van der Waals surface area contributed by atoms with Gasteiger partial charge in [-0.1, -0.05) is 31.2 Å². The molecule has 1 aliphatic rings. The molecule has 0 spiro atoms. The number of hydrogen-bond donors (Lipinski definition) is 1. The van der Waals surface area contributed by atoms with Crippen molar-refractivity contribution in [1.82, 2.24) is 0 Å². The van der Waals surface area contributed by atoms with Gasteiger partial charge in [0.25, 0.3) is 0 Å². The lowest BCUT2D eigenvalue weighted by Gasteiger charge is -2.22. The van der Waals surface area contributed by atoms with Crippen molar-refractivity contribution < 1.29 is 9.90 Å². The van der Waals surface area contributed by atoms with E-state index in [0.717, 1.165) is 12.8 Å². The first-order valence-electron chi connectivity index (χ1n) is 4.92. The van der Waals surface area contributed by atoms with Gasteiger partial charge in [0.1, 0.15) is 0 Å². The van der Waals surface area contributed by atoms with Crippen LogP contribution in [-0.2, 0) is 16.6 Å². The summed E-state index contributed by atoms with van der Waals surface area (Å²) in [6, 6.07) is 8.17. The molecule has 0 aromatic heterocycles. The van der Waals surface area contributed by atoms with Crippen LogP contribution in [-0.4, -0.2) is 11.1 Å². The second-order valence-electron chi connectivity index (χ2n) is 4.29. The zero-order valence-corrected chi connectivity index (χ0v) is 8.29. The molecule has 0 aliphatic heterocycles. The fourth-order valence-electron chi connectivity index (χ4n) is 2.39. The molecule has 2 heteroatoms. The van der Waals surface area contributed by atoms with Crippen LogP contribution in [0.4, 0.5) is 0 Å². The first-order chi connectivity index (χ1) is 6.62. The first-order valence-corrected chi connectivity index (χ1v) is 4.92. The molecular weight excluding hydrogens is 176 g/mol. The summed E-state index contributed by atoms with van der Waals surface area (Å²) in [5, 5.41) is 8.86. The van der Waals surface area contributed by atoms with E-state index in [1.807, 2.05) is 19.1 Å². The zero-order chi connectivity index (χ0) is 10.2. The highest BCUT2D eigenvalue weighted by Gasteiger charge is 2.35. The number of aryl methyl sites for hydroxylation is 1. The van der Waals surface area contributed by atoms with Crippen LogP contribution in [0.3, 0.4) is 0 Å². The average molecular weight is 190 g/mol.